The molecule has 0 amide bonds. The van der Waals surface area contributed by atoms with Crippen LogP contribution in [0.5, 0.6) is 0 Å². The Morgan fingerprint density at radius 1 is 0.676 bits per heavy atom. The highest BCUT2D eigenvalue weighted by molar-refractivity contribution is 5.90. The Kier molecular flexibility index (Phi) is 8.60. The van der Waals surface area contributed by atoms with Crippen LogP contribution >= 0.6 is 0 Å². The Morgan fingerprint density at radius 2 is 1.11 bits per heavy atom. The number of alkyl halides is 1. The van der Waals surface area contributed by atoms with Gasteiger partial charge in [-0.1, -0.05) is 54.6 Å². The van der Waals surface area contributed by atoms with E-state index in [1.54, 1.807) is 66.7 Å². The lowest BCUT2D eigenvalue weighted by atomic mass is 9.98. The van der Waals surface area contributed by atoms with Crippen LogP contribution in [-0.4, -0.2) is 62.4 Å². The summed E-state index contributed by atoms with van der Waals surface area (Å²) in [5.41, 5.74) is 0.696. The zero-order chi connectivity index (χ0) is 26.2. The summed E-state index contributed by atoms with van der Waals surface area (Å²) in [6.45, 7) is -0.475. The van der Waals surface area contributed by atoms with Gasteiger partial charge in [0.25, 0.3) is 0 Å². The topological polar surface area (TPSA) is 97.4 Å². The van der Waals surface area contributed by atoms with Crippen molar-refractivity contribution < 1.29 is 42.5 Å². The van der Waals surface area contributed by atoms with Gasteiger partial charge in [-0.15, -0.1) is 0 Å². The molecule has 0 unspecified atom stereocenters. The molecule has 8 nitrogen and oxygen atoms in total. The second-order valence-electron chi connectivity index (χ2n) is 8.16. The van der Waals surface area contributed by atoms with Crippen LogP contribution in [0.3, 0.4) is 0 Å². The average molecular weight is 508 g/mol. The molecule has 3 aromatic carbocycles. The summed E-state index contributed by atoms with van der Waals surface area (Å²) >= 11 is 0. The first-order chi connectivity index (χ1) is 18.0. The SMILES string of the molecule is CO[C@@H]1[C@@H](OC(=O)c2ccccc2)[C@H](OC(=O)c2ccccc2)[C@@H](COC(=O)c2ccccc2)O[C@@H]1F. The van der Waals surface area contributed by atoms with E-state index in [0.717, 1.165) is 0 Å². The smallest absolute Gasteiger partial charge is 0.338 e. The fourth-order valence-electron chi connectivity index (χ4n) is 3.87. The number of hydrogen-bond donors (Lipinski definition) is 0. The number of methoxy groups -OCH3 is 1. The highest BCUT2D eigenvalue weighted by Crippen LogP contribution is 2.30. The molecule has 192 valence electrons. The van der Waals surface area contributed by atoms with E-state index < -0.39 is 55.3 Å². The summed E-state index contributed by atoms with van der Waals surface area (Å²) < 4.78 is 42.3. The summed E-state index contributed by atoms with van der Waals surface area (Å²) in [5.74, 6) is -2.22. The van der Waals surface area contributed by atoms with Crippen LogP contribution in [0.4, 0.5) is 4.39 Å². The van der Waals surface area contributed by atoms with E-state index in [9.17, 15) is 14.4 Å². The van der Waals surface area contributed by atoms with Crippen molar-refractivity contribution in [2.75, 3.05) is 13.7 Å². The number of carbonyl (C=O) groups excluding carboxylic acids is 3. The first-order valence-corrected chi connectivity index (χ1v) is 11.5. The molecule has 37 heavy (non-hydrogen) atoms. The predicted octanol–water partition coefficient (Wildman–Crippen LogP) is 4.00. The minimum atomic E-state index is -2.06. The maximum Gasteiger partial charge on any atom is 0.338 e. The molecule has 4 rings (SSSR count). The predicted molar refractivity (Wildman–Crippen MR) is 129 cm³/mol. The zero-order valence-electron chi connectivity index (χ0n) is 19.9. The first kappa shape index (κ1) is 26.0. The molecule has 0 radical (unpaired) electrons. The third-order valence-corrected chi connectivity index (χ3v) is 5.74. The number of benzene rings is 3. The van der Waals surface area contributed by atoms with E-state index in [2.05, 4.69) is 0 Å². The molecule has 1 aliphatic rings. The third-order valence-electron chi connectivity index (χ3n) is 5.74. The van der Waals surface area contributed by atoms with E-state index in [-0.39, 0.29) is 16.7 Å². The van der Waals surface area contributed by atoms with Crippen molar-refractivity contribution >= 4 is 17.9 Å². The Bertz CT molecular complexity index is 1190. The fraction of sp³-hybridized carbons (Fsp3) is 0.250. The van der Waals surface area contributed by atoms with E-state index in [0.29, 0.717) is 0 Å². The lowest BCUT2D eigenvalue weighted by molar-refractivity contribution is -0.267. The molecule has 0 aromatic heterocycles. The van der Waals surface area contributed by atoms with Crippen molar-refractivity contribution in [1.82, 2.24) is 0 Å². The number of ether oxygens (including phenoxy) is 5. The van der Waals surface area contributed by atoms with Gasteiger partial charge in [-0.3, -0.25) is 0 Å². The minimum absolute atomic E-state index is 0.208. The third kappa shape index (κ3) is 6.38. The molecule has 3 aromatic rings. The molecule has 0 saturated carbocycles. The number of halogens is 1. The maximum absolute atomic E-state index is 15.1. The van der Waals surface area contributed by atoms with Gasteiger partial charge in [-0.25, -0.2) is 18.8 Å². The van der Waals surface area contributed by atoms with Gasteiger partial charge in [0.15, 0.2) is 18.3 Å². The molecule has 0 bridgehead atoms. The standard InChI is InChI=1S/C28H25FO8/c1-33-24-23(37-28(32)20-15-9-4-10-16-20)22(36-27(31)19-13-7-3-8-14-19)21(35-25(24)29)17-34-26(30)18-11-5-2-6-12-18/h2-16,21-25H,17H2,1H3/t21-,22-,23+,24-,25+/m1/s1. The van der Waals surface area contributed by atoms with E-state index >= 15 is 4.39 Å². The molecule has 1 heterocycles. The second-order valence-corrected chi connectivity index (χ2v) is 8.16. The van der Waals surface area contributed by atoms with Gasteiger partial charge in [-0.2, -0.15) is 0 Å². The molecule has 0 N–H and O–H groups in total. The van der Waals surface area contributed by atoms with Crippen molar-refractivity contribution in [3.05, 3.63) is 108 Å². The molecule has 1 fully saturated rings. The molecule has 0 aliphatic carbocycles. The monoisotopic (exact) mass is 508 g/mol. The summed E-state index contributed by atoms with van der Waals surface area (Å²) in [6.07, 6.45) is -7.54. The van der Waals surface area contributed by atoms with Crippen molar-refractivity contribution in [1.29, 1.82) is 0 Å². The van der Waals surface area contributed by atoms with Gasteiger partial charge >= 0.3 is 17.9 Å². The van der Waals surface area contributed by atoms with Crippen LogP contribution < -0.4 is 0 Å². The average Bonchev–Trinajstić information content (AvgIpc) is 2.94. The quantitative estimate of drug-likeness (QED) is 0.333. The molecule has 5 atom stereocenters. The summed E-state index contributed by atoms with van der Waals surface area (Å²) in [5, 5.41) is 0. The Balaban J connectivity index is 1.60. The van der Waals surface area contributed by atoms with Crippen LogP contribution in [0.2, 0.25) is 0 Å². The van der Waals surface area contributed by atoms with Crippen LogP contribution in [0.1, 0.15) is 31.1 Å². The number of rotatable bonds is 8. The van der Waals surface area contributed by atoms with Crippen molar-refractivity contribution in [2.45, 2.75) is 30.8 Å². The highest BCUT2D eigenvalue weighted by atomic mass is 19.1. The molecular formula is C28H25FO8. The summed E-state index contributed by atoms with van der Waals surface area (Å²) in [4.78, 5) is 38.3. The van der Waals surface area contributed by atoms with Gasteiger partial charge in [-0.05, 0) is 36.4 Å². The van der Waals surface area contributed by atoms with E-state index in [1.807, 2.05) is 0 Å². The van der Waals surface area contributed by atoms with Crippen LogP contribution in [0.15, 0.2) is 91.0 Å². The summed E-state index contributed by atoms with van der Waals surface area (Å²) in [7, 11) is 1.22. The zero-order valence-corrected chi connectivity index (χ0v) is 19.9. The van der Waals surface area contributed by atoms with Crippen molar-refractivity contribution in [3.8, 4) is 0 Å². The van der Waals surface area contributed by atoms with Gasteiger partial charge in [0.1, 0.15) is 12.7 Å². The van der Waals surface area contributed by atoms with Crippen LogP contribution in [-0.2, 0) is 23.7 Å². The molecular weight excluding hydrogens is 483 g/mol. The van der Waals surface area contributed by atoms with Gasteiger partial charge < -0.3 is 23.7 Å². The Hall–Kier alpha value is -4.08. The van der Waals surface area contributed by atoms with Gasteiger partial charge in [0, 0.05) is 7.11 Å². The normalized spacial score (nSPS) is 23.0. The Morgan fingerprint density at radius 3 is 1.57 bits per heavy atom. The second kappa shape index (κ2) is 12.2. The molecule has 1 saturated heterocycles. The van der Waals surface area contributed by atoms with Gasteiger partial charge in [0.2, 0.25) is 6.36 Å². The van der Waals surface area contributed by atoms with E-state index in [1.165, 1.54) is 31.4 Å². The maximum atomic E-state index is 15.1. The van der Waals surface area contributed by atoms with E-state index in [4.69, 9.17) is 23.7 Å². The van der Waals surface area contributed by atoms with Crippen molar-refractivity contribution in [2.24, 2.45) is 0 Å². The minimum Gasteiger partial charge on any atom is -0.459 e. The summed E-state index contributed by atoms with van der Waals surface area (Å²) in [6, 6.07) is 24.3. The largest absolute Gasteiger partial charge is 0.459 e. The van der Waals surface area contributed by atoms with Gasteiger partial charge in [0.05, 0.1) is 16.7 Å². The molecule has 1 aliphatic heterocycles. The highest BCUT2D eigenvalue weighted by Gasteiger charge is 2.51. The van der Waals surface area contributed by atoms with Crippen LogP contribution in [0, 0.1) is 0 Å². The van der Waals surface area contributed by atoms with Crippen molar-refractivity contribution in [3.63, 3.8) is 0 Å². The first-order valence-electron chi connectivity index (χ1n) is 11.5. The Labute approximate surface area is 212 Å². The molecule has 0 spiro atoms. The lowest BCUT2D eigenvalue weighted by Crippen LogP contribution is -2.61. The number of carbonyl (C=O) groups is 3. The van der Waals surface area contributed by atoms with Crippen LogP contribution in [0.25, 0.3) is 0 Å². The number of esters is 3. The lowest BCUT2D eigenvalue weighted by Gasteiger charge is -2.42. The fourth-order valence-corrected chi connectivity index (χ4v) is 3.87. The number of hydrogen-bond acceptors (Lipinski definition) is 8. The molecule has 9 heteroatoms.